The second kappa shape index (κ2) is 5.72. The number of rotatable bonds is 5. The minimum Gasteiger partial charge on any atom is -0.496 e. The molecule has 2 rings (SSSR count). The predicted molar refractivity (Wildman–Crippen MR) is 72.7 cm³/mol. The van der Waals surface area contributed by atoms with Crippen molar-refractivity contribution in [2.75, 3.05) is 13.7 Å². The van der Waals surface area contributed by atoms with Crippen LogP contribution in [0.5, 0.6) is 5.75 Å². The van der Waals surface area contributed by atoms with Gasteiger partial charge in [0, 0.05) is 30.2 Å². The van der Waals surface area contributed by atoms with Gasteiger partial charge in [0.15, 0.2) is 0 Å². The summed E-state index contributed by atoms with van der Waals surface area (Å²) in [6, 6.07) is 8.47. The highest BCUT2D eigenvalue weighted by Gasteiger charge is 2.37. The first-order valence-electron chi connectivity index (χ1n) is 6.66. The molecule has 2 unspecified atom stereocenters. The number of aliphatic hydroxyl groups excluding tert-OH is 1. The lowest BCUT2D eigenvalue weighted by Gasteiger charge is -2.30. The van der Waals surface area contributed by atoms with Crippen molar-refractivity contribution in [1.29, 1.82) is 0 Å². The van der Waals surface area contributed by atoms with Crippen molar-refractivity contribution >= 4 is 0 Å². The van der Waals surface area contributed by atoms with E-state index in [1.165, 1.54) is 12.0 Å². The lowest BCUT2D eigenvalue weighted by Crippen LogP contribution is -2.41. The molecule has 3 heteroatoms. The molecule has 0 bridgehead atoms. The maximum atomic E-state index is 9.53. The summed E-state index contributed by atoms with van der Waals surface area (Å²) in [5, 5.41) is 13.1. The zero-order chi connectivity index (χ0) is 13.0. The Bertz CT molecular complexity index is 394. The number of aliphatic hydroxyl groups is 1. The molecule has 1 fully saturated rings. The first-order valence-corrected chi connectivity index (χ1v) is 6.66. The highest BCUT2D eigenvalue weighted by molar-refractivity contribution is 5.33. The van der Waals surface area contributed by atoms with E-state index in [4.69, 9.17) is 4.74 Å². The van der Waals surface area contributed by atoms with E-state index in [0.717, 1.165) is 25.1 Å². The van der Waals surface area contributed by atoms with Gasteiger partial charge in [-0.1, -0.05) is 31.5 Å². The molecule has 0 radical (unpaired) electrons. The van der Waals surface area contributed by atoms with E-state index in [-0.39, 0.29) is 12.0 Å². The molecule has 2 atom stereocenters. The lowest BCUT2D eigenvalue weighted by molar-refractivity contribution is 0.118. The molecule has 3 nitrogen and oxygen atoms in total. The van der Waals surface area contributed by atoms with Gasteiger partial charge in [0.25, 0.3) is 0 Å². The number of hydrogen-bond acceptors (Lipinski definition) is 3. The number of nitrogens with one attached hydrogen (secondary N) is 1. The van der Waals surface area contributed by atoms with E-state index in [0.29, 0.717) is 6.04 Å². The monoisotopic (exact) mass is 249 g/mol. The Labute approximate surface area is 109 Å². The van der Waals surface area contributed by atoms with Gasteiger partial charge in [0.2, 0.25) is 0 Å². The number of ether oxygens (including phenoxy) is 1. The Morgan fingerprint density at radius 2 is 2.22 bits per heavy atom. The number of para-hydroxylation sites is 1. The number of methoxy groups -OCH3 is 1. The van der Waals surface area contributed by atoms with Crippen LogP contribution in [0.3, 0.4) is 0 Å². The Hall–Kier alpha value is -1.06. The van der Waals surface area contributed by atoms with Crippen LogP contribution >= 0.6 is 0 Å². The molecule has 2 N–H and O–H groups in total. The molecule has 0 heterocycles. The predicted octanol–water partition coefficient (Wildman–Crippen LogP) is 2.34. The maximum absolute atomic E-state index is 9.53. The molecule has 100 valence electrons. The van der Waals surface area contributed by atoms with Gasteiger partial charge < -0.3 is 15.2 Å². The molecule has 1 aliphatic carbocycles. The van der Waals surface area contributed by atoms with Crippen LogP contribution < -0.4 is 10.1 Å². The van der Waals surface area contributed by atoms with Crippen molar-refractivity contribution in [1.82, 2.24) is 5.32 Å². The van der Waals surface area contributed by atoms with Gasteiger partial charge in [0.05, 0.1) is 7.11 Å². The number of benzene rings is 1. The summed E-state index contributed by atoms with van der Waals surface area (Å²) < 4.78 is 5.35. The van der Waals surface area contributed by atoms with Gasteiger partial charge >= 0.3 is 0 Å². The van der Waals surface area contributed by atoms with Crippen molar-refractivity contribution < 1.29 is 9.84 Å². The summed E-state index contributed by atoms with van der Waals surface area (Å²) >= 11 is 0. The molecular weight excluding hydrogens is 226 g/mol. The lowest BCUT2D eigenvalue weighted by atomic mass is 9.85. The Morgan fingerprint density at radius 1 is 1.44 bits per heavy atom. The highest BCUT2D eigenvalue weighted by atomic mass is 16.5. The van der Waals surface area contributed by atoms with Crippen molar-refractivity contribution in [2.24, 2.45) is 5.41 Å². The third kappa shape index (κ3) is 2.68. The van der Waals surface area contributed by atoms with Crippen LogP contribution in [0, 0.1) is 5.41 Å². The van der Waals surface area contributed by atoms with E-state index < -0.39 is 0 Å². The van der Waals surface area contributed by atoms with Crippen molar-refractivity contribution in [2.45, 2.75) is 38.8 Å². The van der Waals surface area contributed by atoms with Crippen LogP contribution in [-0.4, -0.2) is 24.9 Å². The first-order chi connectivity index (χ1) is 8.69. The van der Waals surface area contributed by atoms with Crippen LogP contribution in [0.2, 0.25) is 0 Å². The third-order valence-electron chi connectivity index (χ3n) is 4.17. The molecule has 0 aromatic heterocycles. The van der Waals surface area contributed by atoms with Gasteiger partial charge in [-0.05, 0) is 18.9 Å². The first kappa shape index (κ1) is 13.4. The van der Waals surface area contributed by atoms with E-state index in [2.05, 4.69) is 18.3 Å². The Kier molecular flexibility index (Phi) is 4.25. The average Bonchev–Trinajstić information content (AvgIpc) is 2.79. The van der Waals surface area contributed by atoms with E-state index in [1.807, 2.05) is 18.2 Å². The summed E-state index contributed by atoms with van der Waals surface area (Å²) in [6.45, 7) is 3.22. The van der Waals surface area contributed by atoms with Crippen LogP contribution in [0.25, 0.3) is 0 Å². The van der Waals surface area contributed by atoms with Crippen LogP contribution in [0.15, 0.2) is 24.3 Å². The van der Waals surface area contributed by atoms with Crippen LogP contribution in [0.4, 0.5) is 0 Å². The van der Waals surface area contributed by atoms with Gasteiger partial charge in [-0.15, -0.1) is 0 Å². The third-order valence-corrected chi connectivity index (χ3v) is 4.17. The van der Waals surface area contributed by atoms with Crippen molar-refractivity contribution in [3.8, 4) is 5.75 Å². The number of hydrogen-bond donors (Lipinski definition) is 2. The van der Waals surface area contributed by atoms with Gasteiger partial charge in [-0.2, -0.15) is 0 Å². The molecular formula is C15H23NO2. The molecule has 18 heavy (non-hydrogen) atoms. The zero-order valence-corrected chi connectivity index (χ0v) is 11.3. The molecule has 1 aliphatic rings. The summed E-state index contributed by atoms with van der Waals surface area (Å²) in [4.78, 5) is 0. The Morgan fingerprint density at radius 3 is 2.94 bits per heavy atom. The smallest absolute Gasteiger partial charge is 0.123 e. The summed E-state index contributed by atoms with van der Waals surface area (Å²) in [7, 11) is 1.70. The normalized spacial score (nSPS) is 27.4. The quantitative estimate of drug-likeness (QED) is 0.841. The second-order valence-electron chi connectivity index (χ2n) is 5.45. The molecule has 0 saturated heterocycles. The fraction of sp³-hybridized carbons (Fsp3) is 0.600. The fourth-order valence-electron chi connectivity index (χ4n) is 2.85. The summed E-state index contributed by atoms with van der Waals surface area (Å²) in [6.07, 6.45) is 3.44. The highest BCUT2D eigenvalue weighted by Crippen LogP contribution is 2.37. The van der Waals surface area contributed by atoms with Crippen molar-refractivity contribution in [3.63, 3.8) is 0 Å². The molecule has 1 saturated carbocycles. The molecule has 0 aliphatic heterocycles. The molecule has 0 amide bonds. The largest absolute Gasteiger partial charge is 0.496 e. The van der Waals surface area contributed by atoms with Gasteiger partial charge in [-0.3, -0.25) is 0 Å². The van der Waals surface area contributed by atoms with E-state index >= 15 is 0 Å². The van der Waals surface area contributed by atoms with Crippen LogP contribution in [0.1, 0.15) is 31.7 Å². The molecule has 1 aromatic rings. The fourth-order valence-corrected chi connectivity index (χ4v) is 2.85. The minimum atomic E-state index is 0.0298. The van der Waals surface area contributed by atoms with Gasteiger partial charge in [0.1, 0.15) is 5.75 Å². The van der Waals surface area contributed by atoms with Crippen LogP contribution in [-0.2, 0) is 6.54 Å². The maximum Gasteiger partial charge on any atom is 0.123 e. The molecule has 0 spiro atoms. The van der Waals surface area contributed by atoms with E-state index in [9.17, 15) is 5.11 Å². The van der Waals surface area contributed by atoms with Crippen molar-refractivity contribution in [3.05, 3.63) is 29.8 Å². The van der Waals surface area contributed by atoms with E-state index in [1.54, 1.807) is 7.11 Å². The summed E-state index contributed by atoms with van der Waals surface area (Å²) in [5.41, 5.74) is 1.20. The summed E-state index contributed by atoms with van der Waals surface area (Å²) in [5.74, 6) is 0.925. The Balaban J connectivity index is 1.99. The standard InChI is InChI=1S/C15H23NO2/c1-15(11-17)9-5-8-14(15)16-10-12-6-3-4-7-13(12)18-2/h3-4,6-7,14,16-17H,5,8-11H2,1-2H3. The zero-order valence-electron chi connectivity index (χ0n) is 11.3. The minimum absolute atomic E-state index is 0.0298. The SMILES string of the molecule is COc1ccccc1CNC1CCCC1(C)CO. The molecule has 1 aromatic carbocycles. The van der Waals surface area contributed by atoms with Gasteiger partial charge in [-0.25, -0.2) is 0 Å². The topological polar surface area (TPSA) is 41.5 Å². The second-order valence-corrected chi connectivity index (χ2v) is 5.45. The average molecular weight is 249 g/mol.